The monoisotopic (exact) mass is 410 g/mol. The molecule has 2 aromatic rings. The molecule has 6 heteroatoms. The molecule has 3 rings (SSSR count). The molecule has 0 radical (unpaired) electrons. The zero-order chi connectivity index (χ0) is 21.5. The van der Waals surface area contributed by atoms with E-state index in [0.717, 1.165) is 22.4 Å². The Hall–Kier alpha value is -3.02. The van der Waals surface area contributed by atoms with Gasteiger partial charge in [0.1, 0.15) is 6.04 Å². The Bertz CT molecular complexity index is 879. The van der Waals surface area contributed by atoms with Crippen molar-refractivity contribution in [2.45, 2.75) is 52.6 Å². The first kappa shape index (κ1) is 21.7. The summed E-state index contributed by atoms with van der Waals surface area (Å²) in [7, 11) is 0. The van der Waals surface area contributed by atoms with Crippen LogP contribution in [0.25, 0.3) is 0 Å². The van der Waals surface area contributed by atoms with Gasteiger partial charge in [0.05, 0.1) is 0 Å². The second kappa shape index (κ2) is 10.1. The van der Waals surface area contributed by atoms with Crippen LogP contribution in [0.15, 0.2) is 42.5 Å². The average Bonchev–Trinajstić information content (AvgIpc) is 3.21. The van der Waals surface area contributed by atoms with Crippen LogP contribution in [0.5, 0.6) is 11.5 Å². The van der Waals surface area contributed by atoms with Crippen molar-refractivity contribution in [2.75, 3.05) is 13.3 Å². The number of nitrogens with one attached hydrogen (secondary N) is 1. The molecule has 0 bridgehead atoms. The molecule has 0 fully saturated rings. The summed E-state index contributed by atoms with van der Waals surface area (Å²) in [6.07, 6.45) is 1.46. The van der Waals surface area contributed by atoms with Gasteiger partial charge in [-0.2, -0.15) is 0 Å². The summed E-state index contributed by atoms with van der Waals surface area (Å²) < 4.78 is 10.8. The summed E-state index contributed by atoms with van der Waals surface area (Å²) >= 11 is 0. The van der Waals surface area contributed by atoms with Gasteiger partial charge in [-0.3, -0.25) is 9.59 Å². The number of carbonyl (C=O) groups is 2. The fourth-order valence-corrected chi connectivity index (χ4v) is 3.59. The summed E-state index contributed by atoms with van der Waals surface area (Å²) in [6.45, 7) is 7.03. The van der Waals surface area contributed by atoms with E-state index in [4.69, 9.17) is 9.47 Å². The number of hydrogen-bond acceptors (Lipinski definition) is 4. The lowest BCUT2D eigenvalue weighted by Gasteiger charge is -2.30. The molecule has 160 valence electrons. The van der Waals surface area contributed by atoms with Gasteiger partial charge in [-0.05, 0) is 49.9 Å². The number of aryl methyl sites for hydroxylation is 2. The molecule has 1 N–H and O–H groups in total. The Morgan fingerprint density at radius 1 is 1.03 bits per heavy atom. The second-order valence-corrected chi connectivity index (χ2v) is 7.51. The fourth-order valence-electron chi connectivity index (χ4n) is 3.59. The van der Waals surface area contributed by atoms with Gasteiger partial charge in [0, 0.05) is 19.5 Å². The lowest BCUT2D eigenvalue weighted by molar-refractivity contribution is -0.141. The quantitative estimate of drug-likeness (QED) is 0.686. The van der Waals surface area contributed by atoms with E-state index in [1.807, 2.05) is 63.2 Å². The van der Waals surface area contributed by atoms with Gasteiger partial charge in [-0.15, -0.1) is 0 Å². The molecule has 1 atom stereocenters. The van der Waals surface area contributed by atoms with Crippen LogP contribution in [0.1, 0.15) is 43.4 Å². The topological polar surface area (TPSA) is 67.9 Å². The summed E-state index contributed by atoms with van der Waals surface area (Å²) in [6, 6.07) is 13.3. The van der Waals surface area contributed by atoms with Gasteiger partial charge in [0.25, 0.3) is 0 Å². The number of amides is 2. The molecule has 30 heavy (non-hydrogen) atoms. The van der Waals surface area contributed by atoms with Gasteiger partial charge < -0.3 is 19.7 Å². The molecular weight excluding hydrogens is 380 g/mol. The zero-order valence-electron chi connectivity index (χ0n) is 17.9. The number of nitrogens with zero attached hydrogens (tertiary/aromatic N) is 1. The third-order valence-electron chi connectivity index (χ3n) is 5.27. The van der Waals surface area contributed by atoms with Gasteiger partial charge in [0.15, 0.2) is 11.5 Å². The van der Waals surface area contributed by atoms with Crippen LogP contribution in [-0.2, 0) is 22.6 Å². The van der Waals surface area contributed by atoms with Crippen molar-refractivity contribution >= 4 is 11.8 Å². The molecule has 0 aliphatic carbocycles. The van der Waals surface area contributed by atoms with Crippen LogP contribution in [0.2, 0.25) is 0 Å². The molecular formula is C24H30N2O4. The van der Waals surface area contributed by atoms with Crippen LogP contribution in [0.4, 0.5) is 0 Å². The highest BCUT2D eigenvalue weighted by molar-refractivity contribution is 5.87. The smallest absolute Gasteiger partial charge is 0.242 e. The van der Waals surface area contributed by atoms with Gasteiger partial charge >= 0.3 is 0 Å². The predicted octanol–water partition coefficient (Wildman–Crippen LogP) is 3.60. The Kier molecular flexibility index (Phi) is 7.33. The number of rotatable bonds is 9. The largest absolute Gasteiger partial charge is 0.454 e. The van der Waals surface area contributed by atoms with Gasteiger partial charge in [-0.25, -0.2) is 0 Å². The molecule has 0 unspecified atom stereocenters. The lowest BCUT2D eigenvalue weighted by atomic mass is 10.1. The molecule has 1 aliphatic heterocycles. The third kappa shape index (κ3) is 5.32. The first-order valence-electron chi connectivity index (χ1n) is 10.5. The molecule has 6 nitrogen and oxygen atoms in total. The highest BCUT2D eigenvalue weighted by Crippen LogP contribution is 2.32. The number of benzene rings is 2. The van der Waals surface area contributed by atoms with E-state index in [1.54, 1.807) is 4.90 Å². The highest BCUT2D eigenvalue weighted by Gasteiger charge is 2.28. The number of ether oxygens (including phenoxy) is 2. The molecule has 0 spiro atoms. The van der Waals surface area contributed by atoms with Crippen molar-refractivity contribution in [3.05, 3.63) is 59.2 Å². The van der Waals surface area contributed by atoms with E-state index in [9.17, 15) is 9.59 Å². The summed E-state index contributed by atoms with van der Waals surface area (Å²) in [5.74, 6) is 1.30. The Balaban J connectivity index is 1.74. The Labute approximate surface area is 178 Å². The average molecular weight is 411 g/mol. The maximum Gasteiger partial charge on any atom is 0.242 e. The SMILES string of the molecule is CCNC(=O)[C@H](CC)N(Cc1ccc(C)cc1)C(=O)CCc1ccc2c(c1)OCO2. The van der Waals surface area contributed by atoms with Gasteiger partial charge in [0.2, 0.25) is 18.6 Å². The van der Waals surface area contributed by atoms with Crippen molar-refractivity contribution in [1.29, 1.82) is 0 Å². The van der Waals surface area contributed by atoms with E-state index in [2.05, 4.69) is 5.32 Å². The van der Waals surface area contributed by atoms with Crippen LogP contribution >= 0.6 is 0 Å². The Morgan fingerprint density at radius 3 is 2.43 bits per heavy atom. The first-order chi connectivity index (χ1) is 14.5. The molecule has 1 heterocycles. The number of hydrogen-bond donors (Lipinski definition) is 1. The van der Waals surface area contributed by atoms with E-state index in [0.29, 0.717) is 38.1 Å². The van der Waals surface area contributed by atoms with Crippen molar-refractivity contribution in [2.24, 2.45) is 0 Å². The van der Waals surface area contributed by atoms with Crippen LogP contribution in [0.3, 0.4) is 0 Å². The number of likely N-dealkylation sites (N-methyl/N-ethyl adjacent to an activating group) is 1. The summed E-state index contributed by atoms with van der Waals surface area (Å²) in [5, 5.41) is 2.87. The normalized spacial score (nSPS) is 13.0. The minimum atomic E-state index is -0.490. The Morgan fingerprint density at radius 2 is 1.73 bits per heavy atom. The molecule has 0 saturated carbocycles. The van der Waals surface area contributed by atoms with E-state index >= 15 is 0 Å². The van der Waals surface area contributed by atoms with Crippen molar-refractivity contribution in [1.82, 2.24) is 10.2 Å². The maximum atomic E-state index is 13.2. The molecule has 0 saturated heterocycles. The maximum absolute atomic E-state index is 13.2. The van der Waals surface area contributed by atoms with Crippen molar-refractivity contribution < 1.29 is 19.1 Å². The standard InChI is InChI=1S/C24H30N2O4/c1-4-20(24(28)25-5-2)26(15-19-8-6-17(3)7-9-19)23(27)13-11-18-10-12-21-22(14-18)30-16-29-21/h6-10,12,14,20H,4-5,11,13,15-16H2,1-3H3,(H,25,28)/t20-/m0/s1. The van der Waals surface area contributed by atoms with E-state index in [-0.39, 0.29) is 18.6 Å². The predicted molar refractivity (Wildman–Crippen MR) is 115 cm³/mol. The molecule has 2 amide bonds. The third-order valence-corrected chi connectivity index (χ3v) is 5.27. The minimum Gasteiger partial charge on any atom is -0.454 e. The summed E-state index contributed by atoms with van der Waals surface area (Å²) in [5.41, 5.74) is 3.18. The molecule has 1 aliphatic rings. The molecule has 2 aromatic carbocycles. The van der Waals surface area contributed by atoms with Crippen LogP contribution in [-0.4, -0.2) is 36.1 Å². The minimum absolute atomic E-state index is 0.0358. The second-order valence-electron chi connectivity index (χ2n) is 7.51. The van der Waals surface area contributed by atoms with Crippen molar-refractivity contribution in [3.8, 4) is 11.5 Å². The number of fused-ring (bicyclic) bond motifs is 1. The first-order valence-corrected chi connectivity index (χ1v) is 10.5. The fraction of sp³-hybridized carbons (Fsp3) is 0.417. The number of carbonyl (C=O) groups excluding carboxylic acids is 2. The van der Waals surface area contributed by atoms with E-state index in [1.165, 1.54) is 0 Å². The lowest BCUT2D eigenvalue weighted by Crippen LogP contribution is -2.49. The molecule has 0 aromatic heterocycles. The van der Waals surface area contributed by atoms with Crippen LogP contribution in [0, 0.1) is 6.92 Å². The highest BCUT2D eigenvalue weighted by atomic mass is 16.7. The van der Waals surface area contributed by atoms with Crippen molar-refractivity contribution in [3.63, 3.8) is 0 Å². The zero-order valence-corrected chi connectivity index (χ0v) is 17.9. The summed E-state index contributed by atoms with van der Waals surface area (Å²) in [4.78, 5) is 27.6. The van der Waals surface area contributed by atoms with E-state index < -0.39 is 6.04 Å². The van der Waals surface area contributed by atoms with Crippen LogP contribution < -0.4 is 14.8 Å². The van der Waals surface area contributed by atoms with Gasteiger partial charge in [-0.1, -0.05) is 42.8 Å².